The second-order valence-corrected chi connectivity index (χ2v) is 5.30. The minimum atomic E-state index is -1.28. The fourth-order valence-corrected chi connectivity index (χ4v) is 2.20. The minimum Gasteiger partial charge on any atom is -0.390 e. The summed E-state index contributed by atoms with van der Waals surface area (Å²) in [5.74, 6) is -0.271. The molecule has 0 aliphatic heterocycles. The van der Waals surface area contributed by atoms with Gasteiger partial charge in [-0.05, 0) is 30.2 Å². The molecule has 4 nitrogen and oxygen atoms in total. The van der Waals surface area contributed by atoms with Gasteiger partial charge in [-0.3, -0.25) is 4.79 Å². The zero-order valence-corrected chi connectivity index (χ0v) is 11.2. The molecule has 1 aromatic rings. The van der Waals surface area contributed by atoms with Crippen molar-refractivity contribution in [2.45, 2.75) is 25.6 Å². The first-order valence-corrected chi connectivity index (χ1v) is 6.62. The van der Waals surface area contributed by atoms with Gasteiger partial charge < -0.3 is 10.2 Å². The van der Waals surface area contributed by atoms with Gasteiger partial charge in [-0.25, -0.2) is 4.39 Å². The first-order valence-electron chi connectivity index (χ1n) is 5.64. The van der Waals surface area contributed by atoms with Gasteiger partial charge in [0.25, 0.3) is 0 Å². The van der Waals surface area contributed by atoms with Crippen LogP contribution in [0.2, 0.25) is 0 Å². The summed E-state index contributed by atoms with van der Waals surface area (Å²) in [6.45, 7) is 1.42. The third kappa shape index (κ3) is 4.99. The third-order valence-electron chi connectivity index (χ3n) is 2.47. The molecule has 0 fully saturated rings. The quantitative estimate of drug-likeness (QED) is 0.860. The molecule has 2 N–H and O–H groups in total. The monoisotopic (exact) mass is 283 g/mol. The summed E-state index contributed by atoms with van der Waals surface area (Å²) in [7, 11) is 0. The molecule has 6 heteroatoms. The maximum atomic E-state index is 13.2. The molecule has 1 rings (SSSR count). The van der Waals surface area contributed by atoms with Crippen LogP contribution in [0.15, 0.2) is 18.2 Å². The zero-order chi connectivity index (χ0) is 14.4. The molecule has 0 aliphatic rings. The van der Waals surface area contributed by atoms with Gasteiger partial charge >= 0.3 is 0 Å². The van der Waals surface area contributed by atoms with Crippen LogP contribution in [0, 0.1) is 17.1 Å². The van der Waals surface area contributed by atoms with Crippen LogP contribution in [0.25, 0.3) is 0 Å². The summed E-state index contributed by atoms with van der Waals surface area (Å²) in [5.41, 5.74) is 0.233. The molecule has 0 saturated carbocycles. The van der Waals surface area contributed by atoms with Crippen molar-refractivity contribution >= 4 is 16.9 Å². The van der Waals surface area contributed by atoms with E-state index in [2.05, 4.69) is 0 Å². The van der Waals surface area contributed by atoms with Crippen LogP contribution in [0.5, 0.6) is 0 Å². The molecule has 2 atom stereocenters. The SMILES string of the molecule is CC(=O)SCCC(O)C(O)c1cc(F)cc(C#N)c1. The maximum absolute atomic E-state index is 13.2. The van der Waals surface area contributed by atoms with E-state index in [1.807, 2.05) is 0 Å². The van der Waals surface area contributed by atoms with E-state index in [1.165, 1.54) is 13.0 Å². The number of aliphatic hydroxyl groups excluding tert-OH is 2. The van der Waals surface area contributed by atoms with Crippen molar-refractivity contribution in [3.05, 3.63) is 35.1 Å². The van der Waals surface area contributed by atoms with Gasteiger partial charge in [0.15, 0.2) is 5.12 Å². The average Bonchev–Trinajstić information content (AvgIpc) is 2.36. The van der Waals surface area contributed by atoms with E-state index in [9.17, 15) is 19.4 Å². The van der Waals surface area contributed by atoms with E-state index in [4.69, 9.17) is 5.26 Å². The summed E-state index contributed by atoms with van der Waals surface area (Å²) >= 11 is 1.05. The van der Waals surface area contributed by atoms with Crippen LogP contribution in [0.1, 0.15) is 30.6 Å². The van der Waals surface area contributed by atoms with Crippen LogP contribution >= 0.6 is 11.8 Å². The molecule has 0 bridgehead atoms. The van der Waals surface area contributed by atoms with Crippen LogP contribution in [-0.2, 0) is 4.79 Å². The lowest BCUT2D eigenvalue weighted by molar-refractivity contribution is -0.109. The van der Waals surface area contributed by atoms with Gasteiger partial charge in [0.2, 0.25) is 0 Å². The Kier molecular flexibility index (Phi) is 5.96. The summed E-state index contributed by atoms with van der Waals surface area (Å²) in [6.07, 6.45) is -2.19. The highest BCUT2D eigenvalue weighted by Gasteiger charge is 2.19. The number of benzene rings is 1. The Morgan fingerprint density at radius 1 is 1.47 bits per heavy atom. The zero-order valence-electron chi connectivity index (χ0n) is 10.3. The average molecular weight is 283 g/mol. The van der Waals surface area contributed by atoms with Crippen molar-refractivity contribution in [3.8, 4) is 6.07 Å². The summed E-state index contributed by atoms with van der Waals surface area (Å²) < 4.78 is 13.2. The second-order valence-electron chi connectivity index (χ2n) is 4.03. The highest BCUT2D eigenvalue weighted by Crippen LogP contribution is 2.22. The number of hydrogen-bond donors (Lipinski definition) is 2. The topological polar surface area (TPSA) is 81.3 Å². The van der Waals surface area contributed by atoms with Crippen molar-refractivity contribution in [1.82, 2.24) is 0 Å². The standard InChI is InChI=1S/C13H14FNO3S/c1-8(16)19-3-2-12(17)13(18)10-4-9(7-15)5-11(14)6-10/h4-6,12-13,17-18H,2-3H2,1H3. The van der Waals surface area contributed by atoms with Gasteiger partial charge in [-0.1, -0.05) is 11.8 Å². The van der Waals surface area contributed by atoms with Crippen LogP contribution in [0.4, 0.5) is 4.39 Å². The normalized spacial score (nSPS) is 13.6. The number of rotatable bonds is 5. The highest BCUT2D eigenvalue weighted by atomic mass is 32.2. The van der Waals surface area contributed by atoms with Gasteiger partial charge in [0, 0.05) is 12.7 Å². The Hall–Kier alpha value is -1.42. The highest BCUT2D eigenvalue weighted by molar-refractivity contribution is 8.13. The third-order valence-corrected chi connectivity index (χ3v) is 3.32. The van der Waals surface area contributed by atoms with E-state index in [0.717, 1.165) is 23.9 Å². The number of nitrogens with zero attached hydrogens (tertiary/aromatic N) is 1. The first-order chi connectivity index (χ1) is 8.93. The lowest BCUT2D eigenvalue weighted by Gasteiger charge is -2.18. The Balaban J connectivity index is 2.71. The molecule has 1 aromatic carbocycles. The van der Waals surface area contributed by atoms with Gasteiger partial charge in [-0.2, -0.15) is 5.26 Å². The maximum Gasteiger partial charge on any atom is 0.185 e. The molecule has 2 unspecified atom stereocenters. The molecule has 0 heterocycles. The molecule has 19 heavy (non-hydrogen) atoms. The molecule has 0 amide bonds. The molecular formula is C13H14FNO3S. The predicted molar refractivity (Wildman–Crippen MR) is 69.8 cm³/mol. The van der Waals surface area contributed by atoms with E-state index < -0.39 is 18.0 Å². The summed E-state index contributed by atoms with van der Waals surface area (Å²) in [6, 6.07) is 5.23. The Morgan fingerprint density at radius 2 is 2.16 bits per heavy atom. The molecule has 0 aromatic heterocycles. The first kappa shape index (κ1) is 15.6. The number of carbonyl (C=O) groups is 1. The van der Waals surface area contributed by atoms with Gasteiger partial charge in [0.1, 0.15) is 11.9 Å². The molecule has 0 aliphatic carbocycles. The van der Waals surface area contributed by atoms with Crippen molar-refractivity contribution in [2.24, 2.45) is 0 Å². The van der Waals surface area contributed by atoms with E-state index in [0.29, 0.717) is 5.75 Å². The number of hydrogen-bond acceptors (Lipinski definition) is 5. The Bertz CT molecular complexity index is 501. The Morgan fingerprint density at radius 3 is 2.74 bits per heavy atom. The predicted octanol–water partition coefficient (Wildman–Crippen LogP) is 1.76. The molecular weight excluding hydrogens is 269 g/mol. The lowest BCUT2D eigenvalue weighted by atomic mass is 10.0. The molecule has 0 saturated heterocycles. The number of aliphatic hydroxyl groups is 2. The van der Waals surface area contributed by atoms with Crippen molar-refractivity contribution in [1.29, 1.82) is 5.26 Å². The summed E-state index contributed by atoms with van der Waals surface area (Å²) in [4.78, 5) is 10.7. The van der Waals surface area contributed by atoms with Gasteiger partial charge in [-0.15, -0.1) is 0 Å². The number of nitriles is 1. The van der Waals surface area contributed by atoms with Crippen LogP contribution < -0.4 is 0 Å². The number of carbonyl (C=O) groups excluding carboxylic acids is 1. The van der Waals surface area contributed by atoms with Crippen molar-refractivity contribution < 1.29 is 19.4 Å². The minimum absolute atomic E-state index is 0.0702. The Labute approximate surface area is 114 Å². The van der Waals surface area contributed by atoms with Crippen molar-refractivity contribution in [3.63, 3.8) is 0 Å². The largest absolute Gasteiger partial charge is 0.390 e. The number of halogens is 1. The second kappa shape index (κ2) is 7.24. The van der Waals surface area contributed by atoms with Crippen LogP contribution in [0.3, 0.4) is 0 Å². The fourth-order valence-electron chi connectivity index (χ4n) is 1.55. The number of thioether (sulfide) groups is 1. The molecule has 0 radical (unpaired) electrons. The molecule has 102 valence electrons. The lowest BCUT2D eigenvalue weighted by Crippen LogP contribution is -2.19. The van der Waals surface area contributed by atoms with Crippen LogP contribution in [-0.4, -0.2) is 27.2 Å². The smallest absolute Gasteiger partial charge is 0.185 e. The van der Waals surface area contributed by atoms with E-state index in [1.54, 1.807) is 6.07 Å². The van der Waals surface area contributed by atoms with E-state index in [-0.39, 0.29) is 22.7 Å². The fraction of sp³-hybridized carbons (Fsp3) is 0.385. The van der Waals surface area contributed by atoms with Crippen molar-refractivity contribution in [2.75, 3.05) is 5.75 Å². The summed E-state index contributed by atoms with van der Waals surface area (Å²) in [5, 5.41) is 28.3. The molecule has 0 spiro atoms. The van der Waals surface area contributed by atoms with E-state index >= 15 is 0 Å². The van der Waals surface area contributed by atoms with Gasteiger partial charge in [0.05, 0.1) is 17.7 Å².